The predicted molar refractivity (Wildman–Crippen MR) is 156 cm³/mol. The van der Waals surface area contributed by atoms with E-state index >= 15 is 0 Å². The molecule has 4 heterocycles. The number of carbonyl (C=O) groups is 1. The summed E-state index contributed by atoms with van der Waals surface area (Å²) < 4.78 is 29.0. The minimum atomic E-state index is -0.414. The van der Waals surface area contributed by atoms with Gasteiger partial charge in [-0.05, 0) is 80.7 Å². The van der Waals surface area contributed by atoms with Crippen LogP contribution in [-0.2, 0) is 25.4 Å². The van der Waals surface area contributed by atoms with Crippen LogP contribution in [0.2, 0.25) is 0 Å². The van der Waals surface area contributed by atoms with Crippen LogP contribution in [-0.4, -0.2) is 59.7 Å². The normalized spacial score (nSPS) is 20.8. The smallest absolute Gasteiger partial charge is 0.488 e. The fourth-order valence-electron chi connectivity index (χ4n) is 6.07. The van der Waals surface area contributed by atoms with Gasteiger partial charge in [-0.3, -0.25) is 4.90 Å². The van der Waals surface area contributed by atoms with E-state index in [0.717, 1.165) is 68.4 Å². The van der Waals surface area contributed by atoms with Gasteiger partial charge in [-0.1, -0.05) is 24.3 Å². The molecule has 0 radical (unpaired) electrons. The Morgan fingerprint density at radius 1 is 1.10 bits per heavy atom. The zero-order valence-corrected chi connectivity index (χ0v) is 24.1. The summed E-state index contributed by atoms with van der Waals surface area (Å²) in [6.45, 7) is 9.28. The lowest BCUT2D eigenvalue weighted by Crippen LogP contribution is -2.41. The van der Waals surface area contributed by atoms with E-state index in [1.165, 1.54) is 7.11 Å². The Labute approximate surface area is 239 Å². The molecule has 2 fully saturated rings. The summed E-state index contributed by atoms with van der Waals surface area (Å²) in [5.74, 6) is 1.59. The highest BCUT2D eigenvalue weighted by atomic mass is 16.7. The molecule has 1 unspecified atom stereocenters. The Morgan fingerprint density at radius 2 is 1.90 bits per heavy atom. The molecule has 1 aromatic heterocycles. The maximum absolute atomic E-state index is 12.6. The first-order chi connectivity index (χ1) is 19.6. The van der Waals surface area contributed by atoms with Gasteiger partial charge in [0.1, 0.15) is 18.2 Å². The van der Waals surface area contributed by atoms with Gasteiger partial charge < -0.3 is 28.5 Å². The zero-order valence-electron chi connectivity index (χ0n) is 24.1. The number of carbonyl (C=O) groups excluding carboxylic acids is 1. The van der Waals surface area contributed by atoms with E-state index in [1.54, 1.807) is 4.90 Å². The number of hydrogen-bond acceptors (Lipinski definition) is 7. The van der Waals surface area contributed by atoms with Crippen LogP contribution in [0.15, 0.2) is 42.5 Å². The highest BCUT2D eigenvalue weighted by Crippen LogP contribution is 2.42. The van der Waals surface area contributed by atoms with Crippen LogP contribution in [0.1, 0.15) is 58.0 Å². The second kappa shape index (κ2) is 9.47. The van der Waals surface area contributed by atoms with Crippen LogP contribution < -0.4 is 10.2 Å². The van der Waals surface area contributed by atoms with Crippen LogP contribution in [0, 0.1) is 0 Å². The summed E-state index contributed by atoms with van der Waals surface area (Å²) in [7, 11) is 1.09. The zero-order chi connectivity index (χ0) is 28.5. The van der Waals surface area contributed by atoms with E-state index in [1.807, 2.05) is 0 Å². The fourth-order valence-corrected chi connectivity index (χ4v) is 6.07. The van der Waals surface area contributed by atoms with Crippen molar-refractivity contribution in [3.8, 4) is 16.9 Å². The van der Waals surface area contributed by atoms with Crippen molar-refractivity contribution < 1.29 is 28.3 Å². The number of amides is 1. The quantitative estimate of drug-likeness (QED) is 0.264. The summed E-state index contributed by atoms with van der Waals surface area (Å²) in [5.41, 5.74) is 5.30. The number of aromatic nitrogens is 2. The Bertz CT molecular complexity index is 1670. The van der Waals surface area contributed by atoms with Crippen molar-refractivity contribution in [3.05, 3.63) is 53.9 Å². The second-order valence-electron chi connectivity index (χ2n) is 12.1. The molecule has 1 amide bonds. The Hall–Kier alpha value is -3.60. The highest BCUT2D eigenvalue weighted by molar-refractivity contribution is 6.62. The summed E-state index contributed by atoms with van der Waals surface area (Å²) >= 11 is 0. The molecule has 212 valence electrons. The van der Waals surface area contributed by atoms with Crippen LogP contribution in [0.4, 0.5) is 4.79 Å². The Balaban J connectivity index is 1.22. The van der Waals surface area contributed by atoms with Gasteiger partial charge in [-0.25, -0.2) is 9.78 Å². The maximum atomic E-state index is 12.6. The molecule has 0 saturated carbocycles. The molecule has 9 nitrogen and oxygen atoms in total. The van der Waals surface area contributed by atoms with Crippen molar-refractivity contribution in [2.75, 3.05) is 20.4 Å². The van der Waals surface area contributed by atoms with Crippen molar-refractivity contribution in [1.82, 2.24) is 14.9 Å². The lowest BCUT2D eigenvalue weighted by molar-refractivity contribution is -0.00635. The molecule has 3 aliphatic heterocycles. The van der Waals surface area contributed by atoms with Crippen molar-refractivity contribution in [2.45, 2.75) is 64.4 Å². The molecule has 1 atom stereocenters. The summed E-state index contributed by atoms with van der Waals surface area (Å²) in [6, 6.07) is 14.6. The van der Waals surface area contributed by atoms with Crippen LogP contribution in [0.3, 0.4) is 0 Å². The average molecular weight is 555 g/mol. The molecule has 4 aromatic rings. The van der Waals surface area contributed by atoms with E-state index in [4.69, 9.17) is 28.5 Å². The Kier molecular flexibility index (Phi) is 6.08. The molecule has 3 aromatic carbocycles. The van der Waals surface area contributed by atoms with Crippen LogP contribution >= 0.6 is 0 Å². The van der Waals surface area contributed by atoms with E-state index < -0.39 is 18.3 Å². The third-order valence-corrected chi connectivity index (χ3v) is 9.02. The molecule has 7 rings (SSSR count). The van der Waals surface area contributed by atoms with E-state index in [-0.39, 0.29) is 18.9 Å². The number of likely N-dealkylation sites (tertiary alicyclic amines) is 1. The third-order valence-electron chi connectivity index (χ3n) is 9.02. The number of aromatic amines is 1. The molecule has 0 bridgehead atoms. The maximum Gasteiger partial charge on any atom is 0.494 e. The second-order valence-corrected chi connectivity index (χ2v) is 12.1. The van der Waals surface area contributed by atoms with Crippen LogP contribution in [0.25, 0.3) is 32.9 Å². The number of methoxy groups -OCH3 is 1. The number of benzene rings is 3. The number of rotatable bonds is 4. The third kappa shape index (κ3) is 4.27. The van der Waals surface area contributed by atoms with Crippen molar-refractivity contribution in [3.63, 3.8) is 0 Å². The van der Waals surface area contributed by atoms with Gasteiger partial charge in [0.05, 0.1) is 28.3 Å². The molecule has 0 aliphatic carbocycles. The van der Waals surface area contributed by atoms with Crippen molar-refractivity contribution in [1.29, 1.82) is 0 Å². The lowest BCUT2D eigenvalue weighted by Gasteiger charge is -2.32. The average Bonchev–Trinajstić information content (AvgIpc) is 3.66. The number of fused-ring (bicyclic) bond motifs is 6. The molecule has 1 N–H and O–H groups in total. The molecule has 41 heavy (non-hydrogen) atoms. The van der Waals surface area contributed by atoms with E-state index in [0.29, 0.717) is 13.2 Å². The molecule has 3 aliphatic rings. The molecular weight excluding hydrogens is 521 g/mol. The first-order valence-corrected chi connectivity index (χ1v) is 14.2. The van der Waals surface area contributed by atoms with Crippen LogP contribution in [0.5, 0.6) is 5.75 Å². The monoisotopic (exact) mass is 555 g/mol. The molecular formula is C31H34BN3O6. The molecule has 2 saturated heterocycles. The number of H-pyrrole nitrogens is 1. The van der Waals surface area contributed by atoms with E-state index in [2.05, 4.69) is 75.1 Å². The summed E-state index contributed by atoms with van der Waals surface area (Å²) in [6.07, 6.45) is 1.33. The lowest BCUT2D eigenvalue weighted by atomic mass is 9.77. The first-order valence-electron chi connectivity index (χ1n) is 14.2. The number of nitrogens with one attached hydrogen (secondary N) is 1. The van der Waals surface area contributed by atoms with Gasteiger partial charge in [-0.2, -0.15) is 0 Å². The van der Waals surface area contributed by atoms with Gasteiger partial charge in [-0.15, -0.1) is 0 Å². The minimum Gasteiger partial charge on any atom is -0.488 e. The summed E-state index contributed by atoms with van der Waals surface area (Å²) in [4.78, 5) is 22.7. The fraction of sp³-hybridized carbons (Fsp3) is 0.419. The minimum absolute atomic E-state index is 0.0686. The summed E-state index contributed by atoms with van der Waals surface area (Å²) in [5, 5.41) is 2.08. The molecule has 10 heteroatoms. The van der Waals surface area contributed by atoms with Gasteiger partial charge in [0.2, 0.25) is 0 Å². The van der Waals surface area contributed by atoms with E-state index in [9.17, 15) is 4.79 Å². The van der Waals surface area contributed by atoms with Gasteiger partial charge in [0.25, 0.3) is 0 Å². The highest BCUT2D eigenvalue weighted by Gasteiger charge is 2.51. The predicted octanol–water partition coefficient (Wildman–Crippen LogP) is 5.45. The SMILES string of the molecule is COCOC(=O)N1CCCC1c1nc2c(ccc3cc4c(cc32)OCc2cc(B3OC(C)(C)C(C)(C)O3)ccc2-4)[nH]1. The van der Waals surface area contributed by atoms with Crippen molar-refractivity contribution >= 4 is 40.5 Å². The molecule has 0 spiro atoms. The standard InChI is InChI=1S/C31H34BN3O6/c1-30(2)31(3,4)41-32(40-30)20-9-10-21-19(13-20)16-38-26-15-22-18(14-23(21)26)8-11-24-27(22)34-28(33-24)25-7-6-12-35(25)29(36)39-17-37-5/h8-11,13-15,25H,6-7,12,16-17H2,1-5H3,(H,33,34). The largest absolute Gasteiger partial charge is 0.494 e. The number of hydrogen-bond donors (Lipinski definition) is 1. The van der Waals surface area contributed by atoms with Gasteiger partial charge in [0.15, 0.2) is 6.79 Å². The number of imidazole rings is 1. The van der Waals surface area contributed by atoms with Gasteiger partial charge >= 0.3 is 13.2 Å². The number of ether oxygens (including phenoxy) is 3. The number of nitrogens with zero attached hydrogens (tertiary/aromatic N) is 2. The van der Waals surface area contributed by atoms with Crippen molar-refractivity contribution in [2.24, 2.45) is 0 Å². The topological polar surface area (TPSA) is 95.1 Å². The van der Waals surface area contributed by atoms with Gasteiger partial charge in [0, 0.05) is 24.6 Å². The first kappa shape index (κ1) is 26.3. The Morgan fingerprint density at radius 3 is 2.68 bits per heavy atom.